The summed E-state index contributed by atoms with van der Waals surface area (Å²) in [5.41, 5.74) is 5.10. The van der Waals surface area contributed by atoms with E-state index in [4.69, 9.17) is 23.2 Å². The van der Waals surface area contributed by atoms with Crippen molar-refractivity contribution in [1.29, 1.82) is 0 Å². The molecular weight excluding hydrogens is 461 g/mol. The molecule has 30 heavy (non-hydrogen) atoms. The van der Waals surface area contributed by atoms with E-state index in [1.165, 1.54) is 0 Å². The third-order valence-electron chi connectivity index (χ3n) is 4.51. The second-order valence-electron chi connectivity index (χ2n) is 6.88. The minimum absolute atomic E-state index is 0.130. The van der Waals surface area contributed by atoms with Gasteiger partial charge in [0.25, 0.3) is 11.8 Å². The number of hydrazone groups is 1. The molecule has 9 heteroatoms. The van der Waals surface area contributed by atoms with Crippen LogP contribution in [0, 0.1) is 0 Å². The number of halogens is 2. The standard InChI is InChI=1S/C21H17Cl2N3O2S2/c1-11(13-9-19(29-10-13)12-2-5-15(22)16(23)8-12)25-26-21(28)18-7-6-17(30-18)20(27)24-14-3-4-14/h2,5-10,14H,3-4H2,1H3,(H,24,27)(H,26,28)/b25-11+. The number of amides is 2. The molecule has 0 aliphatic heterocycles. The van der Waals surface area contributed by atoms with Gasteiger partial charge >= 0.3 is 0 Å². The number of hydrogen-bond acceptors (Lipinski definition) is 5. The summed E-state index contributed by atoms with van der Waals surface area (Å²) in [4.78, 5) is 26.4. The van der Waals surface area contributed by atoms with Crippen LogP contribution >= 0.6 is 45.9 Å². The Morgan fingerprint density at radius 1 is 1.03 bits per heavy atom. The second-order valence-corrected chi connectivity index (χ2v) is 9.69. The highest BCUT2D eigenvalue weighted by Crippen LogP contribution is 2.32. The average molecular weight is 478 g/mol. The van der Waals surface area contributed by atoms with Gasteiger partial charge in [-0.1, -0.05) is 29.3 Å². The first-order chi connectivity index (χ1) is 14.4. The van der Waals surface area contributed by atoms with E-state index in [1.807, 2.05) is 30.5 Å². The number of nitrogens with zero attached hydrogens (tertiary/aromatic N) is 1. The Balaban J connectivity index is 1.41. The van der Waals surface area contributed by atoms with Crippen LogP contribution in [0.1, 0.15) is 44.7 Å². The summed E-state index contributed by atoms with van der Waals surface area (Å²) >= 11 is 14.8. The Bertz CT molecular complexity index is 1150. The topological polar surface area (TPSA) is 70.6 Å². The van der Waals surface area contributed by atoms with Crippen LogP contribution in [0.4, 0.5) is 0 Å². The van der Waals surface area contributed by atoms with E-state index >= 15 is 0 Å². The van der Waals surface area contributed by atoms with Crippen LogP contribution in [-0.2, 0) is 0 Å². The van der Waals surface area contributed by atoms with Crippen molar-refractivity contribution in [3.63, 3.8) is 0 Å². The van der Waals surface area contributed by atoms with Crippen LogP contribution < -0.4 is 10.7 Å². The highest BCUT2D eigenvalue weighted by atomic mass is 35.5. The molecule has 0 unspecified atom stereocenters. The molecule has 1 aliphatic carbocycles. The summed E-state index contributed by atoms with van der Waals surface area (Å²) in [6.45, 7) is 1.82. The van der Waals surface area contributed by atoms with Gasteiger partial charge in [0.05, 0.1) is 25.5 Å². The maximum Gasteiger partial charge on any atom is 0.281 e. The largest absolute Gasteiger partial charge is 0.349 e. The van der Waals surface area contributed by atoms with Gasteiger partial charge in [-0.05, 0) is 55.7 Å². The number of carbonyl (C=O) groups is 2. The summed E-state index contributed by atoms with van der Waals surface area (Å²) in [5, 5.41) is 10.1. The molecule has 2 heterocycles. The Hall–Kier alpha value is -2.19. The average Bonchev–Trinajstić information content (AvgIpc) is 3.22. The molecule has 1 saturated carbocycles. The highest BCUT2D eigenvalue weighted by molar-refractivity contribution is 7.16. The van der Waals surface area contributed by atoms with E-state index in [-0.39, 0.29) is 17.9 Å². The lowest BCUT2D eigenvalue weighted by Crippen LogP contribution is -2.24. The van der Waals surface area contributed by atoms with E-state index in [1.54, 1.807) is 29.5 Å². The van der Waals surface area contributed by atoms with Gasteiger partial charge in [-0.2, -0.15) is 5.10 Å². The molecule has 0 spiro atoms. The SMILES string of the molecule is C/C(=N\NC(=O)c1ccc(C(=O)NC2CC2)s1)c1csc(-c2ccc(Cl)c(Cl)c2)c1. The van der Waals surface area contributed by atoms with E-state index in [9.17, 15) is 9.59 Å². The number of carbonyl (C=O) groups excluding carboxylic acids is 2. The monoisotopic (exact) mass is 477 g/mol. The van der Waals surface area contributed by atoms with Crippen molar-refractivity contribution in [2.75, 3.05) is 0 Å². The van der Waals surface area contributed by atoms with Crippen molar-refractivity contribution in [1.82, 2.24) is 10.7 Å². The molecule has 0 bridgehead atoms. The van der Waals surface area contributed by atoms with Crippen molar-refractivity contribution < 1.29 is 9.59 Å². The number of hydrogen-bond donors (Lipinski definition) is 2. The fourth-order valence-corrected chi connectivity index (χ4v) is 4.69. The molecule has 0 saturated heterocycles. The smallest absolute Gasteiger partial charge is 0.281 e. The molecule has 2 aromatic heterocycles. The van der Waals surface area contributed by atoms with E-state index in [0.29, 0.717) is 25.5 Å². The maximum atomic E-state index is 12.4. The van der Waals surface area contributed by atoms with Gasteiger partial charge in [-0.25, -0.2) is 5.43 Å². The van der Waals surface area contributed by atoms with Crippen molar-refractivity contribution >= 4 is 63.4 Å². The highest BCUT2D eigenvalue weighted by Gasteiger charge is 2.24. The van der Waals surface area contributed by atoms with Crippen LogP contribution in [0.5, 0.6) is 0 Å². The van der Waals surface area contributed by atoms with Gasteiger partial charge in [0.1, 0.15) is 0 Å². The van der Waals surface area contributed by atoms with E-state index < -0.39 is 0 Å². The zero-order chi connectivity index (χ0) is 21.3. The van der Waals surface area contributed by atoms with Crippen LogP contribution in [-0.4, -0.2) is 23.6 Å². The van der Waals surface area contributed by atoms with Gasteiger partial charge in [0, 0.05) is 21.9 Å². The predicted molar refractivity (Wildman–Crippen MR) is 124 cm³/mol. The molecule has 0 atom stereocenters. The Kier molecular flexibility index (Phi) is 6.24. The summed E-state index contributed by atoms with van der Waals surface area (Å²) in [6, 6.07) is 11.1. The van der Waals surface area contributed by atoms with Crippen LogP contribution in [0.25, 0.3) is 10.4 Å². The first kappa shape index (κ1) is 21.1. The fraction of sp³-hybridized carbons (Fsp3) is 0.190. The zero-order valence-electron chi connectivity index (χ0n) is 15.9. The third kappa shape index (κ3) is 4.92. The van der Waals surface area contributed by atoms with Crippen LogP contribution in [0.3, 0.4) is 0 Å². The normalized spacial score (nSPS) is 13.9. The molecule has 3 aromatic rings. The molecule has 4 rings (SSSR count). The van der Waals surface area contributed by atoms with Crippen molar-refractivity contribution in [2.45, 2.75) is 25.8 Å². The van der Waals surface area contributed by atoms with Gasteiger partial charge in [0.15, 0.2) is 0 Å². The van der Waals surface area contributed by atoms with Gasteiger partial charge < -0.3 is 5.32 Å². The Morgan fingerprint density at radius 3 is 2.47 bits per heavy atom. The molecule has 2 N–H and O–H groups in total. The van der Waals surface area contributed by atoms with E-state index in [2.05, 4.69) is 15.8 Å². The van der Waals surface area contributed by atoms with Gasteiger partial charge in [-0.3, -0.25) is 9.59 Å². The molecular formula is C21H17Cl2N3O2S2. The molecule has 2 amide bonds. The summed E-state index contributed by atoms with van der Waals surface area (Å²) in [6.07, 6.45) is 2.04. The van der Waals surface area contributed by atoms with Crippen molar-refractivity contribution in [2.24, 2.45) is 5.10 Å². The summed E-state index contributed by atoms with van der Waals surface area (Å²) in [7, 11) is 0. The lowest BCUT2D eigenvalue weighted by Gasteiger charge is -2.01. The van der Waals surface area contributed by atoms with Crippen molar-refractivity contribution in [3.05, 3.63) is 67.1 Å². The quantitative estimate of drug-likeness (QED) is 0.346. The number of rotatable bonds is 6. The van der Waals surface area contributed by atoms with Gasteiger partial charge in [-0.15, -0.1) is 22.7 Å². The Morgan fingerprint density at radius 2 is 1.77 bits per heavy atom. The molecule has 1 aliphatic rings. The molecule has 1 aromatic carbocycles. The summed E-state index contributed by atoms with van der Waals surface area (Å²) in [5.74, 6) is -0.473. The van der Waals surface area contributed by atoms with Crippen LogP contribution in [0.2, 0.25) is 10.0 Å². The second kappa shape index (κ2) is 8.89. The molecule has 5 nitrogen and oxygen atoms in total. The predicted octanol–water partition coefficient (Wildman–Crippen LogP) is 5.83. The van der Waals surface area contributed by atoms with Gasteiger partial charge in [0.2, 0.25) is 0 Å². The van der Waals surface area contributed by atoms with E-state index in [0.717, 1.165) is 40.2 Å². The maximum absolute atomic E-state index is 12.4. The molecule has 1 fully saturated rings. The Labute approximate surface area is 191 Å². The van der Waals surface area contributed by atoms with Crippen LogP contribution in [0.15, 0.2) is 46.9 Å². The third-order valence-corrected chi connectivity index (χ3v) is 7.31. The lowest BCUT2D eigenvalue weighted by molar-refractivity contribution is 0.0950. The first-order valence-corrected chi connectivity index (χ1v) is 11.7. The number of thiophene rings is 2. The number of nitrogens with one attached hydrogen (secondary N) is 2. The fourth-order valence-electron chi connectivity index (χ4n) is 2.65. The molecule has 154 valence electrons. The van der Waals surface area contributed by atoms with Crippen molar-refractivity contribution in [3.8, 4) is 10.4 Å². The zero-order valence-corrected chi connectivity index (χ0v) is 19.0. The molecule has 0 radical (unpaired) electrons. The number of benzene rings is 1. The lowest BCUT2D eigenvalue weighted by atomic mass is 10.1. The first-order valence-electron chi connectivity index (χ1n) is 9.20. The summed E-state index contributed by atoms with van der Waals surface area (Å²) < 4.78 is 0. The minimum Gasteiger partial charge on any atom is -0.349 e. The minimum atomic E-state index is -0.343.